The zero-order valence-corrected chi connectivity index (χ0v) is 19.8. The predicted octanol–water partition coefficient (Wildman–Crippen LogP) is 4.64. The Bertz CT molecular complexity index is 1290. The molecule has 1 unspecified atom stereocenters. The minimum Gasteiger partial charge on any atom is -0.497 e. The highest BCUT2D eigenvalue weighted by Gasteiger charge is 2.34. The molecule has 2 aromatic carbocycles. The van der Waals surface area contributed by atoms with Crippen molar-refractivity contribution >= 4 is 32.8 Å². The molecule has 0 saturated carbocycles. The van der Waals surface area contributed by atoms with Gasteiger partial charge in [0.15, 0.2) is 11.5 Å². The summed E-state index contributed by atoms with van der Waals surface area (Å²) in [6.45, 7) is 3.98. The Morgan fingerprint density at radius 2 is 1.88 bits per heavy atom. The SMILES string of the molecule is C=CCOc1ccc(C2CC(=O)Nc3c(S(=O)(=O)c4ccc(OC)cc4)csc32)cc1OC. The molecule has 33 heavy (non-hydrogen) atoms. The van der Waals surface area contributed by atoms with Gasteiger partial charge in [0.1, 0.15) is 17.3 Å². The first-order valence-corrected chi connectivity index (χ1v) is 12.5. The third-order valence-electron chi connectivity index (χ3n) is 5.36. The van der Waals surface area contributed by atoms with Gasteiger partial charge in [-0.25, -0.2) is 8.42 Å². The number of hydrogen-bond donors (Lipinski definition) is 1. The van der Waals surface area contributed by atoms with E-state index in [4.69, 9.17) is 14.2 Å². The van der Waals surface area contributed by atoms with Crippen molar-refractivity contribution in [2.24, 2.45) is 0 Å². The van der Waals surface area contributed by atoms with Crippen molar-refractivity contribution in [2.45, 2.75) is 22.1 Å². The van der Waals surface area contributed by atoms with Crippen LogP contribution in [0.3, 0.4) is 0 Å². The molecule has 0 saturated heterocycles. The first kappa shape index (κ1) is 22.9. The molecule has 2 heterocycles. The molecular weight excluding hydrogens is 462 g/mol. The Hall–Kier alpha value is -3.30. The van der Waals surface area contributed by atoms with E-state index < -0.39 is 9.84 Å². The number of benzene rings is 2. The minimum absolute atomic E-state index is 0.0867. The quantitative estimate of drug-likeness (QED) is 0.468. The molecule has 1 atom stereocenters. The molecule has 7 nitrogen and oxygen atoms in total. The van der Waals surface area contributed by atoms with E-state index in [9.17, 15) is 13.2 Å². The van der Waals surface area contributed by atoms with Gasteiger partial charge < -0.3 is 19.5 Å². The summed E-state index contributed by atoms with van der Waals surface area (Å²) in [5.74, 6) is 1.10. The van der Waals surface area contributed by atoms with Crippen molar-refractivity contribution in [1.82, 2.24) is 0 Å². The highest BCUT2D eigenvalue weighted by molar-refractivity contribution is 7.91. The highest BCUT2D eigenvalue weighted by atomic mass is 32.2. The normalized spacial score (nSPS) is 15.3. The Balaban J connectivity index is 1.74. The molecule has 9 heteroatoms. The third-order valence-corrected chi connectivity index (χ3v) is 8.40. The highest BCUT2D eigenvalue weighted by Crippen LogP contribution is 2.47. The molecule has 0 bridgehead atoms. The van der Waals surface area contributed by atoms with Crippen LogP contribution < -0.4 is 19.5 Å². The number of anilines is 1. The summed E-state index contributed by atoms with van der Waals surface area (Å²) in [6.07, 6.45) is 1.84. The van der Waals surface area contributed by atoms with Crippen LogP contribution in [-0.2, 0) is 14.6 Å². The van der Waals surface area contributed by atoms with E-state index in [1.165, 1.54) is 30.6 Å². The van der Waals surface area contributed by atoms with E-state index in [0.717, 1.165) is 10.4 Å². The molecular formula is C24H23NO6S2. The van der Waals surface area contributed by atoms with Crippen LogP contribution in [0.1, 0.15) is 22.8 Å². The minimum atomic E-state index is -3.83. The third kappa shape index (κ3) is 4.34. The van der Waals surface area contributed by atoms with E-state index in [0.29, 0.717) is 29.5 Å². The fourth-order valence-corrected chi connectivity index (χ4v) is 6.63. The average Bonchev–Trinajstić information content (AvgIpc) is 3.26. The predicted molar refractivity (Wildman–Crippen MR) is 127 cm³/mol. The molecule has 4 rings (SSSR count). The maximum atomic E-state index is 13.3. The largest absolute Gasteiger partial charge is 0.497 e. The second kappa shape index (κ2) is 9.29. The standard InChI is InChI=1S/C24H23NO6S2/c1-4-11-31-19-10-5-15(12-20(19)30-3)18-13-22(26)25-23-21(14-32-24(18)23)33(27,28)17-8-6-16(29-2)7-9-17/h4-10,12,14,18H,1,11,13H2,2-3H3,(H,25,26). The second-order valence-electron chi connectivity index (χ2n) is 7.33. The molecule has 1 aromatic heterocycles. The van der Waals surface area contributed by atoms with Crippen molar-refractivity contribution in [3.63, 3.8) is 0 Å². The molecule has 1 amide bonds. The monoisotopic (exact) mass is 485 g/mol. The van der Waals surface area contributed by atoms with Crippen LogP contribution in [-0.4, -0.2) is 35.2 Å². The number of amides is 1. The first-order valence-electron chi connectivity index (χ1n) is 10.1. The van der Waals surface area contributed by atoms with Crippen LogP contribution in [0, 0.1) is 0 Å². The fraction of sp³-hybridized carbons (Fsp3) is 0.208. The number of thiophene rings is 1. The Labute approximate surface area is 196 Å². The van der Waals surface area contributed by atoms with Crippen molar-refractivity contribution < 1.29 is 27.4 Å². The molecule has 1 N–H and O–H groups in total. The van der Waals surface area contributed by atoms with Gasteiger partial charge in [0.2, 0.25) is 15.7 Å². The summed E-state index contributed by atoms with van der Waals surface area (Å²) in [5, 5.41) is 4.36. The van der Waals surface area contributed by atoms with Crippen molar-refractivity contribution in [2.75, 3.05) is 26.1 Å². The summed E-state index contributed by atoms with van der Waals surface area (Å²) in [4.78, 5) is 13.6. The van der Waals surface area contributed by atoms with Gasteiger partial charge in [-0.2, -0.15) is 0 Å². The molecule has 0 spiro atoms. The maximum absolute atomic E-state index is 13.3. The Morgan fingerprint density at radius 3 is 2.55 bits per heavy atom. The smallest absolute Gasteiger partial charge is 0.225 e. The number of methoxy groups -OCH3 is 2. The van der Waals surface area contributed by atoms with Crippen LogP contribution >= 0.6 is 11.3 Å². The van der Waals surface area contributed by atoms with Gasteiger partial charge >= 0.3 is 0 Å². The molecule has 1 aliphatic rings. The van der Waals surface area contributed by atoms with E-state index >= 15 is 0 Å². The molecule has 172 valence electrons. The van der Waals surface area contributed by atoms with Crippen molar-refractivity contribution in [1.29, 1.82) is 0 Å². The summed E-state index contributed by atoms with van der Waals surface area (Å²) >= 11 is 1.31. The van der Waals surface area contributed by atoms with Gasteiger partial charge in [0.25, 0.3) is 0 Å². The van der Waals surface area contributed by atoms with E-state index in [-0.39, 0.29) is 28.0 Å². The lowest BCUT2D eigenvalue weighted by atomic mass is 9.90. The van der Waals surface area contributed by atoms with Gasteiger partial charge in [-0.05, 0) is 42.0 Å². The number of carbonyl (C=O) groups is 1. The molecule has 0 radical (unpaired) electrons. The number of carbonyl (C=O) groups excluding carboxylic acids is 1. The lowest BCUT2D eigenvalue weighted by Gasteiger charge is -2.24. The van der Waals surface area contributed by atoms with Crippen LogP contribution in [0.4, 0.5) is 5.69 Å². The number of fused-ring (bicyclic) bond motifs is 1. The topological polar surface area (TPSA) is 90.9 Å². The van der Waals surface area contributed by atoms with E-state index in [1.807, 2.05) is 12.1 Å². The van der Waals surface area contributed by atoms with Gasteiger partial charge in [-0.15, -0.1) is 11.3 Å². The molecule has 0 fully saturated rings. The Morgan fingerprint density at radius 1 is 1.12 bits per heavy atom. The van der Waals surface area contributed by atoms with Crippen LogP contribution in [0.2, 0.25) is 0 Å². The fourth-order valence-electron chi connectivity index (χ4n) is 3.72. The van der Waals surface area contributed by atoms with Gasteiger partial charge in [-0.3, -0.25) is 4.79 Å². The second-order valence-corrected chi connectivity index (χ2v) is 10.2. The number of sulfone groups is 1. The van der Waals surface area contributed by atoms with Crippen LogP contribution in [0.5, 0.6) is 17.2 Å². The van der Waals surface area contributed by atoms with Crippen LogP contribution in [0.15, 0.2) is 70.3 Å². The average molecular weight is 486 g/mol. The van der Waals surface area contributed by atoms with Crippen molar-refractivity contribution in [3.05, 3.63) is 70.9 Å². The molecule has 1 aliphatic heterocycles. The molecule has 3 aromatic rings. The maximum Gasteiger partial charge on any atom is 0.225 e. The number of rotatable bonds is 8. The van der Waals surface area contributed by atoms with E-state index in [2.05, 4.69) is 11.9 Å². The Kier molecular flexibility index (Phi) is 6.44. The number of nitrogens with one attached hydrogen (secondary N) is 1. The lowest BCUT2D eigenvalue weighted by Crippen LogP contribution is -2.23. The zero-order valence-electron chi connectivity index (χ0n) is 18.2. The summed E-state index contributed by atoms with van der Waals surface area (Å²) in [7, 11) is -0.774. The van der Waals surface area contributed by atoms with Gasteiger partial charge in [0.05, 0.1) is 24.8 Å². The summed E-state index contributed by atoms with van der Waals surface area (Å²) in [5.41, 5.74) is 1.17. The van der Waals surface area contributed by atoms with Crippen LogP contribution in [0.25, 0.3) is 0 Å². The number of hydrogen-bond acceptors (Lipinski definition) is 7. The van der Waals surface area contributed by atoms with Gasteiger partial charge in [-0.1, -0.05) is 18.7 Å². The summed E-state index contributed by atoms with van der Waals surface area (Å²) in [6, 6.07) is 11.6. The van der Waals surface area contributed by atoms with E-state index in [1.54, 1.807) is 36.8 Å². The van der Waals surface area contributed by atoms with Crippen molar-refractivity contribution in [3.8, 4) is 17.2 Å². The lowest BCUT2D eigenvalue weighted by molar-refractivity contribution is -0.116. The molecule has 0 aliphatic carbocycles. The first-order chi connectivity index (χ1) is 15.9. The summed E-state index contributed by atoms with van der Waals surface area (Å²) < 4.78 is 42.9. The zero-order chi connectivity index (χ0) is 23.6. The van der Waals surface area contributed by atoms with Gasteiger partial charge in [0, 0.05) is 22.6 Å². The number of ether oxygens (including phenoxy) is 3.